The van der Waals surface area contributed by atoms with Gasteiger partial charge >= 0.3 is 0 Å². The van der Waals surface area contributed by atoms with Crippen molar-refractivity contribution in [3.8, 4) is 0 Å². The highest BCUT2D eigenvalue weighted by Gasteiger charge is 2.23. The maximum absolute atomic E-state index is 12.1. The van der Waals surface area contributed by atoms with E-state index in [0.29, 0.717) is 24.0 Å². The third-order valence-corrected chi connectivity index (χ3v) is 4.03. The normalized spacial score (nSPS) is 19.3. The molecule has 5 nitrogen and oxygen atoms in total. The third kappa shape index (κ3) is 3.54. The average molecular weight is 281 g/mol. The molecule has 0 saturated carbocycles. The summed E-state index contributed by atoms with van der Waals surface area (Å²) < 4.78 is 0. The lowest BCUT2D eigenvalue weighted by atomic mass is 10.2. The van der Waals surface area contributed by atoms with E-state index in [4.69, 9.17) is 0 Å². The number of nitrogens with zero attached hydrogens (tertiary/aromatic N) is 2. The fourth-order valence-electron chi connectivity index (χ4n) is 2.12. The van der Waals surface area contributed by atoms with Crippen molar-refractivity contribution in [3.63, 3.8) is 0 Å². The number of hydrogen-bond donors (Lipinski definition) is 1. The highest BCUT2D eigenvalue weighted by atomic mass is 32.1. The van der Waals surface area contributed by atoms with Crippen LogP contribution in [0.5, 0.6) is 0 Å². The largest absolute Gasteiger partial charge is 0.338 e. The van der Waals surface area contributed by atoms with Gasteiger partial charge < -0.3 is 15.1 Å². The van der Waals surface area contributed by atoms with Crippen LogP contribution in [0.1, 0.15) is 16.6 Å². The van der Waals surface area contributed by atoms with Gasteiger partial charge in [0.15, 0.2) is 0 Å². The Balaban J connectivity index is 1.89. The van der Waals surface area contributed by atoms with Crippen LogP contribution >= 0.6 is 11.3 Å². The average Bonchev–Trinajstić information content (AvgIpc) is 2.91. The summed E-state index contributed by atoms with van der Waals surface area (Å²) >= 11 is 1.40. The molecule has 0 aromatic carbocycles. The molecular weight excluding hydrogens is 262 g/mol. The van der Waals surface area contributed by atoms with Crippen LogP contribution in [0.25, 0.3) is 0 Å². The Bertz CT molecular complexity index is 447. The van der Waals surface area contributed by atoms with Crippen LogP contribution in [0.2, 0.25) is 0 Å². The van der Waals surface area contributed by atoms with Crippen molar-refractivity contribution < 1.29 is 9.59 Å². The van der Waals surface area contributed by atoms with E-state index in [1.165, 1.54) is 16.2 Å². The van der Waals surface area contributed by atoms with Gasteiger partial charge in [-0.05, 0) is 18.4 Å². The van der Waals surface area contributed by atoms with Gasteiger partial charge in [0.25, 0.3) is 5.91 Å². The molecule has 0 aliphatic carbocycles. The first-order valence-corrected chi connectivity index (χ1v) is 7.26. The molecule has 0 radical (unpaired) electrons. The van der Waals surface area contributed by atoms with Crippen LogP contribution in [0.4, 0.5) is 0 Å². The minimum absolute atomic E-state index is 0.0146. The summed E-state index contributed by atoms with van der Waals surface area (Å²) in [6.45, 7) is 4.43. The zero-order valence-electron chi connectivity index (χ0n) is 11.3. The van der Waals surface area contributed by atoms with Gasteiger partial charge in [-0.1, -0.05) is 6.07 Å². The first-order valence-electron chi connectivity index (χ1n) is 6.38. The summed E-state index contributed by atoms with van der Waals surface area (Å²) in [7, 11) is 1.67. The van der Waals surface area contributed by atoms with E-state index in [1.54, 1.807) is 13.1 Å². The molecular formula is C13H19N3O2S. The lowest BCUT2D eigenvalue weighted by molar-refractivity contribution is -0.132. The molecule has 6 heteroatoms. The molecule has 1 aromatic rings. The van der Waals surface area contributed by atoms with Crippen molar-refractivity contribution >= 4 is 23.2 Å². The summed E-state index contributed by atoms with van der Waals surface area (Å²) in [6.07, 6.45) is 0. The van der Waals surface area contributed by atoms with Gasteiger partial charge in [-0.2, -0.15) is 0 Å². The van der Waals surface area contributed by atoms with E-state index >= 15 is 0 Å². The van der Waals surface area contributed by atoms with Crippen molar-refractivity contribution in [2.24, 2.45) is 0 Å². The van der Waals surface area contributed by atoms with Gasteiger partial charge in [0.1, 0.15) is 0 Å². The summed E-state index contributed by atoms with van der Waals surface area (Å²) in [5.74, 6) is -0.0766. The van der Waals surface area contributed by atoms with E-state index in [1.807, 2.05) is 16.3 Å². The second kappa shape index (κ2) is 6.16. The summed E-state index contributed by atoms with van der Waals surface area (Å²) in [4.78, 5) is 28.2. The molecule has 1 aliphatic rings. The number of piperazine rings is 1. The van der Waals surface area contributed by atoms with Gasteiger partial charge in [-0.15, -0.1) is 11.3 Å². The Morgan fingerprint density at radius 3 is 3.00 bits per heavy atom. The molecule has 1 N–H and O–H groups in total. The monoisotopic (exact) mass is 281 g/mol. The molecule has 1 aliphatic heterocycles. The van der Waals surface area contributed by atoms with Crippen LogP contribution in [-0.4, -0.2) is 60.9 Å². The Labute approximate surface area is 117 Å². The van der Waals surface area contributed by atoms with Gasteiger partial charge in [0, 0.05) is 32.7 Å². The van der Waals surface area contributed by atoms with Crippen molar-refractivity contribution in [2.75, 3.05) is 33.2 Å². The Hall–Kier alpha value is -1.40. The molecule has 1 fully saturated rings. The number of rotatable bonds is 3. The maximum Gasteiger partial charge on any atom is 0.264 e. The fourth-order valence-corrected chi connectivity index (χ4v) is 2.84. The van der Waals surface area contributed by atoms with Gasteiger partial charge in [0.05, 0.1) is 11.4 Å². The number of likely N-dealkylation sites (N-methyl/N-ethyl adjacent to an activating group) is 1. The van der Waals surface area contributed by atoms with Crippen molar-refractivity contribution in [1.82, 2.24) is 15.1 Å². The van der Waals surface area contributed by atoms with Crippen LogP contribution in [-0.2, 0) is 4.79 Å². The Morgan fingerprint density at radius 1 is 1.58 bits per heavy atom. The van der Waals surface area contributed by atoms with Crippen molar-refractivity contribution in [2.45, 2.75) is 13.0 Å². The van der Waals surface area contributed by atoms with Crippen LogP contribution in [0.3, 0.4) is 0 Å². The number of amides is 2. The number of carbonyl (C=O) groups excluding carboxylic acids is 2. The zero-order chi connectivity index (χ0) is 13.8. The second-order valence-electron chi connectivity index (χ2n) is 4.83. The lowest BCUT2D eigenvalue weighted by Crippen LogP contribution is -2.53. The van der Waals surface area contributed by atoms with E-state index in [-0.39, 0.29) is 18.4 Å². The highest BCUT2D eigenvalue weighted by Crippen LogP contribution is 2.11. The van der Waals surface area contributed by atoms with Gasteiger partial charge in [-0.25, -0.2) is 0 Å². The van der Waals surface area contributed by atoms with Gasteiger partial charge in [-0.3, -0.25) is 9.59 Å². The molecule has 1 saturated heterocycles. The number of carbonyl (C=O) groups is 2. The second-order valence-corrected chi connectivity index (χ2v) is 5.78. The number of nitrogens with one attached hydrogen (secondary N) is 1. The number of thiophene rings is 1. The highest BCUT2D eigenvalue weighted by molar-refractivity contribution is 7.12. The molecule has 2 heterocycles. The molecule has 1 aromatic heterocycles. The van der Waals surface area contributed by atoms with Crippen molar-refractivity contribution in [1.29, 1.82) is 0 Å². The van der Waals surface area contributed by atoms with E-state index in [9.17, 15) is 9.59 Å². The van der Waals surface area contributed by atoms with Crippen molar-refractivity contribution in [3.05, 3.63) is 22.4 Å². The summed E-state index contributed by atoms with van der Waals surface area (Å²) in [5.41, 5.74) is 0. The zero-order valence-corrected chi connectivity index (χ0v) is 12.1. The fraction of sp³-hybridized carbons (Fsp3) is 0.538. The molecule has 104 valence electrons. The summed E-state index contributed by atoms with van der Waals surface area (Å²) in [6, 6.07) is 3.93. The molecule has 2 amide bonds. The van der Waals surface area contributed by atoms with Crippen LogP contribution in [0.15, 0.2) is 17.5 Å². The quantitative estimate of drug-likeness (QED) is 0.884. The van der Waals surface area contributed by atoms with Crippen LogP contribution < -0.4 is 5.32 Å². The molecule has 19 heavy (non-hydrogen) atoms. The Morgan fingerprint density at radius 2 is 2.37 bits per heavy atom. The molecule has 2 rings (SSSR count). The maximum atomic E-state index is 12.1. The number of hydrogen-bond acceptors (Lipinski definition) is 4. The van der Waals surface area contributed by atoms with E-state index < -0.39 is 0 Å². The minimum Gasteiger partial charge on any atom is -0.338 e. The minimum atomic E-state index is -0.0912. The summed E-state index contributed by atoms with van der Waals surface area (Å²) in [5, 5.41) is 5.15. The van der Waals surface area contributed by atoms with E-state index in [2.05, 4.69) is 12.2 Å². The molecule has 0 spiro atoms. The van der Waals surface area contributed by atoms with Gasteiger partial charge in [0.2, 0.25) is 5.91 Å². The predicted octanol–water partition coefficient (Wildman–Crippen LogP) is 0.640. The topological polar surface area (TPSA) is 52.7 Å². The first-order chi connectivity index (χ1) is 9.08. The molecule has 1 atom stereocenters. The molecule has 1 unspecified atom stereocenters. The SMILES string of the molecule is CC1CN(C(=O)CN(C)C(=O)c2cccs2)CCN1. The first kappa shape index (κ1) is 14.0. The predicted molar refractivity (Wildman–Crippen MR) is 75.3 cm³/mol. The third-order valence-electron chi connectivity index (χ3n) is 3.17. The standard InChI is InChI=1S/C13H19N3O2S/c1-10-8-16(6-5-14-10)12(17)9-15(2)13(18)11-4-3-7-19-11/h3-4,7,10,14H,5-6,8-9H2,1-2H3. The van der Waals surface area contributed by atoms with Crippen LogP contribution in [0, 0.1) is 0 Å². The van der Waals surface area contributed by atoms with E-state index in [0.717, 1.165) is 6.54 Å². The smallest absolute Gasteiger partial charge is 0.264 e. The lowest BCUT2D eigenvalue weighted by Gasteiger charge is -2.33. The molecule has 0 bridgehead atoms. The Kier molecular flexibility index (Phi) is 4.55.